The molecule has 2 aliphatic rings. The van der Waals surface area contributed by atoms with Gasteiger partial charge in [-0.1, -0.05) is 13.0 Å². The van der Waals surface area contributed by atoms with E-state index in [2.05, 4.69) is 33.8 Å². The Morgan fingerprint density at radius 2 is 2.21 bits per heavy atom. The van der Waals surface area contributed by atoms with Crippen LogP contribution in [0.5, 0.6) is 0 Å². The smallest absolute Gasteiger partial charge is 0.128 e. The summed E-state index contributed by atoms with van der Waals surface area (Å²) < 4.78 is 5.66. The molecule has 0 saturated carbocycles. The molecule has 0 spiro atoms. The molecular weight excluding hydrogens is 322 g/mol. The van der Waals surface area contributed by atoms with Crippen LogP contribution in [0.3, 0.4) is 0 Å². The van der Waals surface area contributed by atoms with Crippen LogP contribution in [-0.4, -0.2) is 63.2 Å². The topological polar surface area (TPSA) is 80.1 Å². The first kappa shape index (κ1) is 17.5. The summed E-state index contributed by atoms with van der Waals surface area (Å²) in [5.74, 6) is 0.551. The van der Waals surface area contributed by atoms with Gasteiger partial charge >= 0.3 is 0 Å². The summed E-state index contributed by atoms with van der Waals surface area (Å²) in [6.45, 7) is 7.80. The second-order valence-corrected chi connectivity index (χ2v) is 6.88. The number of fused-ring (bicyclic) bond motifs is 1. The van der Waals surface area contributed by atoms with Crippen LogP contribution in [-0.2, 0) is 11.2 Å². The van der Waals surface area contributed by atoms with Crippen LogP contribution in [0.25, 0.3) is 0 Å². The summed E-state index contributed by atoms with van der Waals surface area (Å²) in [4.78, 5) is 10.2. The molecule has 24 heavy (non-hydrogen) atoms. The average molecular weight is 350 g/mol. The Hall–Kier alpha value is -1.28. The zero-order chi connectivity index (χ0) is 17.1. The molecule has 1 unspecified atom stereocenters. The van der Waals surface area contributed by atoms with Gasteiger partial charge in [0.1, 0.15) is 5.84 Å². The first-order valence-electron chi connectivity index (χ1n) is 8.51. The number of piperazine rings is 1. The van der Waals surface area contributed by atoms with Gasteiger partial charge in [-0.3, -0.25) is 15.0 Å². The number of benzene rings is 1. The number of rotatable bonds is 4. The molecule has 6 nitrogen and oxygen atoms in total. The molecule has 2 aliphatic heterocycles. The number of ether oxygens (including phenoxy) is 1. The van der Waals surface area contributed by atoms with E-state index >= 15 is 0 Å². The molecule has 3 rings (SSSR count). The van der Waals surface area contributed by atoms with Crippen LogP contribution in [0, 0.1) is 0 Å². The van der Waals surface area contributed by atoms with Crippen molar-refractivity contribution in [1.82, 2.24) is 4.90 Å². The van der Waals surface area contributed by atoms with Gasteiger partial charge in [-0.25, -0.2) is 0 Å². The second kappa shape index (κ2) is 7.74. The van der Waals surface area contributed by atoms with Crippen molar-refractivity contribution in [1.29, 1.82) is 0 Å². The van der Waals surface area contributed by atoms with Crippen molar-refractivity contribution in [2.45, 2.75) is 24.3 Å². The normalized spacial score (nSPS) is 22.5. The van der Waals surface area contributed by atoms with Gasteiger partial charge in [0.05, 0.1) is 24.8 Å². The van der Waals surface area contributed by atoms with E-state index in [0.29, 0.717) is 11.9 Å². The van der Waals surface area contributed by atoms with Crippen LogP contribution in [0.15, 0.2) is 22.0 Å². The number of amidine groups is 1. The van der Waals surface area contributed by atoms with Crippen LogP contribution in [0.1, 0.15) is 18.1 Å². The van der Waals surface area contributed by atoms with Gasteiger partial charge in [0, 0.05) is 43.8 Å². The molecule has 0 bridgehead atoms. The van der Waals surface area contributed by atoms with Crippen molar-refractivity contribution in [3.05, 3.63) is 23.3 Å². The van der Waals surface area contributed by atoms with E-state index in [0.717, 1.165) is 62.0 Å². The number of morpholine rings is 1. The Morgan fingerprint density at radius 3 is 2.92 bits per heavy atom. The molecule has 1 aromatic rings. The minimum absolute atomic E-state index is 0.444. The molecule has 2 fully saturated rings. The van der Waals surface area contributed by atoms with Crippen molar-refractivity contribution in [3.63, 3.8) is 0 Å². The van der Waals surface area contributed by atoms with Gasteiger partial charge in [-0.2, -0.15) is 0 Å². The van der Waals surface area contributed by atoms with Crippen LogP contribution in [0.4, 0.5) is 5.69 Å². The van der Waals surface area contributed by atoms with Gasteiger partial charge in [-0.15, -0.1) is 0 Å². The molecule has 4 N–H and O–H groups in total. The molecular formula is C17H27N5OS. The summed E-state index contributed by atoms with van der Waals surface area (Å²) in [7, 11) is 1.73. The first-order chi connectivity index (χ1) is 11.7. The third kappa shape index (κ3) is 3.26. The Labute approximate surface area is 148 Å². The fourth-order valence-corrected chi connectivity index (χ4v) is 4.31. The molecule has 132 valence electrons. The monoisotopic (exact) mass is 349 g/mol. The second-order valence-electron chi connectivity index (χ2n) is 6.24. The maximum absolute atomic E-state index is 6.25. The van der Waals surface area contributed by atoms with Gasteiger partial charge in [0.25, 0.3) is 0 Å². The molecule has 0 aliphatic carbocycles. The highest BCUT2D eigenvalue weighted by atomic mass is 32.2. The van der Waals surface area contributed by atoms with Crippen LogP contribution >= 0.6 is 11.9 Å². The van der Waals surface area contributed by atoms with E-state index in [-0.39, 0.29) is 0 Å². The third-order valence-corrected chi connectivity index (χ3v) is 5.69. The molecule has 7 heteroatoms. The number of aliphatic imine (C=N–C) groups is 1. The van der Waals surface area contributed by atoms with Crippen molar-refractivity contribution in [2.24, 2.45) is 15.9 Å². The number of aryl methyl sites for hydroxylation is 1. The number of nitrogens with two attached hydrogens (primary N) is 2. The molecule has 0 amide bonds. The third-order valence-electron chi connectivity index (χ3n) is 4.99. The lowest BCUT2D eigenvalue weighted by Gasteiger charge is -2.45. The number of anilines is 1. The van der Waals surface area contributed by atoms with E-state index in [4.69, 9.17) is 15.6 Å². The lowest BCUT2D eigenvalue weighted by Crippen LogP contribution is -2.58. The van der Waals surface area contributed by atoms with Crippen molar-refractivity contribution >= 4 is 23.5 Å². The zero-order valence-corrected chi connectivity index (χ0v) is 15.3. The lowest BCUT2D eigenvalue weighted by molar-refractivity contribution is -0.0117. The zero-order valence-electron chi connectivity index (χ0n) is 14.5. The summed E-state index contributed by atoms with van der Waals surface area (Å²) >= 11 is 1.27. The Morgan fingerprint density at radius 1 is 1.38 bits per heavy atom. The molecule has 0 aromatic heterocycles. The van der Waals surface area contributed by atoms with Crippen molar-refractivity contribution < 1.29 is 4.74 Å². The molecule has 1 atom stereocenters. The summed E-state index contributed by atoms with van der Waals surface area (Å²) in [6.07, 6.45) is 0.925. The highest BCUT2D eigenvalue weighted by molar-refractivity contribution is 7.97. The van der Waals surface area contributed by atoms with Gasteiger partial charge in [0.15, 0.2) is 0 Å². The van der Waals surface area contributed by atoms with Crippen LogP contribution < -0.4 is 15.8 Å². The Kier molecular flexibility index (Phi) is 5.65. The number of hydrogen-bond donors (Lipinski definition) is 2. The molecule has 2 heterocycles. The predicted molar refractivity (Wildman–Crippen MR) is 101 cm³/mol. The van der Waals surface area contributed by atoms with E-state index in [9.17, 15) is 0 Å². The van der Waals surface area contributed by atoms with Crippen molar-refractivity contribution in [3.8, 4) is 0 Å². The summed E-state index contributed by atoms with van der Waals surface area (Å²) in [5, 5.41) is 5.98. The van der Waals surface area contributed by atoms with Crippen LogP contribution in [0.2, 0.25) is 0 Å². The van der Waals surface area contributed by atoms with Gasteiger partial charge in [-0.05, 0) is 30.0 Å². The fraction of sp³-hybridized carbons (Fsp3) is 0.588. The minimum atomic E-state index is 0.444. The van der Waals surface area contributed by atoms with E-state index < -0.39 is 0 Å². The largest absolute Gasteiger partial charge is 0.383 e. The fourth-order valence-electron chi connectivity index (χ4n) is 3.62. The Balaban J connectivity index is 1.98. The predicted octanol–water partition coefficient (Wildman–Crippen LogP) is 1.07. The quantitative estimate of drug-likeness (QED) is 0.481. The minimum Gasteiger partial charge on any atom is -0.383 e. The summed E-state index contributed by atoms with van der Waals surface area (Å²) in [6, 6.07) is 4.78. The SMILES string of the molecule is CCc1ccc(N2CCN3CCOCC3C2)c(C(N)=NC)c1SN. The highest BCUT2D eigenvalue weighted by Crippen LogP contribution is 2.33. The van der Waals surface area contributed by atoms with E-state index in [1.165, 1.54) is 17.5 Å². The Bertz CT molecular complexity index is 621. The molecule has 2 saturated heterocycles. The van der Waals surface area contributed by atoms with Gasteiger partial charge in [0.2, 0.25) is 0 Å². The van der Waals surface area contributed by atoms with Crippen molar-refractivity contribution in [2.75, 3.05) is 51.3 Å². The maximum atomic E-state index is 6.25. The number of nitrogens with zero attached hydrogens (tertiary/aromatic N) is 3. The average Bonchev–Trinajstić information content (AvgIpc) is 2.65. The molecule has 0 radical (unpaired) electrons. The van der Waals surface area contributed by atoms with E-state index in [1.54, 1.807) is 7.05 Å². The lowest BCUT2D eigenvalue weighted by atomic mass is 10.0. The summed E-state index contributed by atoms with van der Waals surface area (Å²) in [5.41, 5.74) is 9.58. The first-order valence-corrected chi connectivity index (χ1v) is 9.39. The standard InChI is InChI=1S/C17H27N5OS/c1-3-12-4-5-14(15(16(12)24-19)17(18)20-2)22-7-6-21-8-9-23-11-13(21)10-22/h4-5,13H,3,6-11,19H2,1-2H3,(H2,18,20). The maximum Gasteiger partial charge on any atom is 0.128 e. The highest BCUT2D eigenvalue weighted by Gasteiger charge is 2.31. The number of hydrogen-bond acceptors (Lipinski definition) is 6. The molecule has 1 aromatic carbocycles. The van der Waals surface area contributed by atoms with E-state index in [1.807, 2.05) is 0 Å². The van der Waals surface area contributed by atoms with Gasteiger partial charge < -0.3 is 15.4 Å².